The van der Waals surface area contributed by atoms with Crippen molar-refractivity contribution in [1.29, 1.82) is 0 Å². The molecular formula is C14H15Br2N3. The molecule has 1 aromatic heterocycles. The Morgan fingerprint density at radius 2 is 2.05 bits per heavy atom. The van der Waals surface area contributed by atoms with Crippen molar-refractivity contribution in [3.8, 4) is 0 Å². The van der Waals surface area contributed by atoms with E-state index in [4.69, 9.17) is 5.84 Å². The number of aromatic nitrogens is 1. The van der Waals surface area contributed by atoms with Gasteiger partial charge < -0.3 is 0 Å². The van der Waals surface area contributed by atoms with E-state index < -0.39 is 0 Å². The van der Waals surface area contributed by atoms with Gasteiger partial charge in [0.2, 0.25) is 0 Å². The van der Waals surface area contributed by atoms with Crippen LogP contribution in [0.15, 0.2) is 45.6 Å². The number of nitrogens with one attached hydrogen (secondary N) is 1. The zero-order chi connectivity index (χ0) is 13.8. The molecule has 19 heavy (non-hydrogen) atoms. The van der Waals surface area contributed by atoms with Crippen LogP contribution in [0.4, 0.5) is 0 Å². The molecule has 0 aliphatic carbocycles. The predicted octanol–water partition coefficient (Wildman–Crippen LogP) is 3.66. The molecule has 5 heteroatoms. The maximum Gasteiger partial charge on any atom is 0.0500 e. The lowest BCUT2D eigenvalue weighted by Gasteiger charge is -2.17. The minimum Gasteiger partial charge on any atom is -0.271 e. The van der Waals surface area contributed by atoms with Crippen LogP contribution in [0.5, 0.6) is 0 Å². The van der Waals surface area contributed by atoms with Crippen molar-refractivity contribution in [2.45, 2.75) is 19.4 Å². The lowest BCUT2D eigenvalue weighted by Crippen LogP contribution is -2.29. The van der Waals surface area contributed by atoms with Gasteiger partial charge in [0.05, 0.1) is 6.04 Å². The summed E-state index contributed by atoms with van der Waals surface area (Å²) in [7, 11) is 0. The first-order valence-electron chi connectivity index (χ1n) is 5.91. The van der Waals surface area contributed by atoms with E-state index in [1.165, 1.54) is 11.1 Å². The second-order valence-corrected chi connectivity index (χ2v) is 6.21. The minimum absolute atomic E-state index is 0.0721. The van der Waals surface area contributed by atoms with Crippen LogP contribution < -0.4 is 11.3 Å². The maximum atomic E-state index is 5.68. The Hall–Kier alpha value is -0.750. The highest BCUT2D eigenvalue weighted by Gasteiger charge is 2.12. The predicted molar refractivity (Wildman–Crippen MR) is 84.6 cm³/mol. The quantitative estimate of drug-likeness (QED) is 0.624. The van der Waals surface area contributed by atoms with Crippen LogP contribution in [0.3, 0.4) is 0 Å². The molecule has 1 heterocycles. The van der Waals surface area contributed by atoms with Gasteiger partial charge in [0, 0.05) is 21.3 Å². The molecule has 0 aliphatic rings. The van der Waals surface area contributed by atoms with E-state index in [-0.39, 0.29) is 6.04 Å². The molecule has 0 radical (unpaired) electrons. The summed E-state index contributed by atoms with van der Waals surface area (Å²) in [5, 5.41) is 0. The molecule has 0 aliphatic heterocycles. The number of nitrogens with zero attached hydrogens (tertiary/aromatic N) is 1. The Morgan fingerprint density at radius 3 is 2.68 bits per heavy atom. The van der Waals surface area contributed by atoms with Crippen LogP contribution in [0, 0.1) is 6.92 Å². The van der Waals surface area contributed by atoms with Gasteiger partial charge in [-0.3, -0.25) is 16.3 Å². The molecule has 100 valence electrons. The molecule has 0 fully saturated rings. The standard InChI is InChI=1S/C14H15Br2N3/c1-9-4-11(2-3-13(9)16)14(19-17)6-10-5-12(15)8-18-7-10/h2-5,7-8,14,19H,6,17H2,1H3. The average Bonchev–Trinajstić information content (AvgIpc) is 2.39. The number of aryl methyl sites for hydroxylation is 1. The minimum atomic E-state index is 0.0721. The lowest BCUT2D eigenvalue weighted by molar-refractivity contribution is 0.550. The Balaban J connectivity index is 2.22. The normalized spacial score (nSPS) is 12.4. The van der Waals surface area contributed by atoms with E-state index in [1.807, 2.05) is 12.3 Å². The molecule has 1 unspecified atom stereocenters. The van der Waals surface area contributed by atoms with Gasteiger partial charge in [-0.2, -0.15) is 0 Å². The first-order valence-corrected chi connectivity index (χ1v) is 7.50. The van der Waals surface area contributed by atoms with Crippen LogP contribution in [0.25, 0.3) is 0 Å². The van der Waals surface area contributed by atoms with Gasteiger partial charge >= 0.3 is 0 Å². The largest absolute Gasteiger partial charge is 0.271 e. The van der Waals surface area contributed by atoms with Crippen LogP contribution in [-0.4, -0.2) is 4.98 Å². The monoisotopic (exact) mass is 383 g/mol. The van der Waals surface area contributed by atoms with Gasteiger partial charge in [-0.1, -0.05) is 28.1 Å². The van der Waals surface area contributed by atoms with E-state index in [2.05, 4.69) is 67.4 Å². The van der Waals surface area contributed by atoms with E-state index in [0.29, 0.717) is 0 Å². The second kappa shape index (κ2) is 6.61. The Morgan fingerprint density at radius 1 is 1.26 bits per heavy atom. The number of hydrogen-bond donors (Lipinski definition) is 2. The highest BCUT2D eigenvalue weighted by Crippen LogP contribution is 2.24. The maximum absolute atomic E-state index is 5.68. The summed E-state index contributed by atoms with van der Waals surface area (Å²) >= 11 is 6.94. The molecule has 0 spiro atoms. The van der Waals surface area contributed by atoms with Crippen molar-refractivity contribution in [1.82, 2.24) is 10.4 Å². The van der Waals surface area contributed by atoms with Crippen LogP contribution >= 0.6 is 31.9 Å². The van der Waals surface area contributed by atoms with Crippen molar-refractivity contribution in [2.24, 2.45) is 5.84 Å². The van der Waals surface area contributed by atoms with Gasteiger partial charge in [-0.25, -0.2) is 0 Å². The molecule has 0 amide bonds. The van der Waals surface area contributed by atoms with Crippen molar-refractivity contribution in [3.05, 3.63) is 62.3 Å². The van der Waals surface area contributed by atoms with Gasteiger partial charge in [0.25, 0.3) is 0 Å². The smallest absolute Gasteiger partial charge is 0.0500 e. The molecule has 0 bridgehead atoms. The van der Waals surface area contributed by atoms with Gasteiger partial charge in [-0.05, 0) is 58.1 Å². The van der Waals surface area contributed by atoms with Gasteiger partial charge in [0.1, 0.15) is 0 Å². The summed E-state index contributed by atoms with van der Waals surface area (Å²) < 4.78 is 2.09. The van der Waals surface area contributed by atoms with Gasteiger partial charge in [-0.15, -0.1) is 0 Å². The summed E-state index contributed by atoms with van der Waals surface area (Å²) in [4.78, 5) is 4.17. The Kier molecular flexibility index (Phi) is 5.10. The average molecular weight is 385 g/mol. The molecular weight excluding hydrogens is 370 g/mol. The van der Waals surface area contributed by atoms with Crippen LogP contribution in [0.1, 0.15) is 22.7 Å². The van der Waals surface area contributed by atoms with E-state index in [0.717, 1.165) is 20.9 Å². The first-order chi connectivity index (χ1) is 9.10. The number of hydrogen-bond acceptors (Lipinski definition) is 3. The number of halogens is 2. The Bertz CT molecular complexity index is 572. The summed E-state index contributed by atoms with van der Waals surface area (Å²) in [5.74, 6) is 5.68. The molecule has 1 aromatic carbocycles. The fourth-order valence-corrected chi connectivity index (χ4v) is 2.62. The van der Waals surface area contributed by atoms with E-state index in [1.54, 1.807) is 6.20 Å². The summed E-state index contributed by atoms with van der Waals surface area (Å²) in [6.07, 6.45) is 4.43. The molecule has 3 nitrogen and oxygen atoms in total. The summed E-state index contributed by atoms with van der Waals surface area (Å²) in [6.45, 7) is 2.07. The lowest BCUT2D eigenvalue weighted by atomic mass is 9.99. The SMILES string of the molecule is Cc1cc(C(Cc2cncc(Br)c2)NN)ccc1Br. The Labute approximate surface area is 129 Å². The zero-order valence-electron chi connectivity index (χ0n) is 10.5. The van der Waals surface area contributed by atoms with Gasteiger partial charge in [0.15, 0.2) is 0 Å². The zero-order valence-corrected chi connectivity index (χ0v) is 13.7. The third kappa shape index (κ3) is 3.86. The number of hydrazine groups is 1. The molecule has 0 saturated heterocycles. The third-order valence-corrected chi connectivity index (χ3v) is 4.31. The summed E-state index contributed by atoms with van der Waals surface area (Å²) in [5.41, 5.74) is 6.38. The van der Waals surface area contributed by atoms with Crippen molar-refractivity contribution >= 4 is 31.9 Å². The molecule has 3 N–H and O–H groups in total. The highest BCUT2D eigenvalue weighted by atomic mass is 79.9. The van der Waals surface area contributed by atoms with E-state index in [9.17, 15) is 0 Å². The second-order valence-electron chi connectivity index (χ2n) is 4.44. The summed E-state index contributed by atoms with van der Waals surface area (Å²) in [6, 6.07) is 8.40. The molecule has 2 aromatic rings. The van der Waals surface area contributed by atoms with Crippen molar-refractivity contribution in [2.75, 3.05) is 0 Å². The molecule has 0 saturated carbocycles. The number of rotatable bonds is 4. The molecule has 1 atom stereocenters. The van der Waals surface area contributed by atoms with Crippen molar-refractivity contribution < 1.29 is 0 Å². The third-order valence-electron chi connectivity index (χ3n) is 2.99. The number of nitrogens with two attached hydrogens (primary N) is 1. The first kappa shape index (κ1) is 14.7. The number of pyridine rings is 1. The number of benzene rings is 1. The van der Waals surface area contributed by atoms with Crippen molar-refractivity contribution in [3.63, 3.8) is 0 Å². The fraction of sp³-hybridized carbons (Fsp3) is 0.214. The van der Waals surface area contributed by atoms with Crippen LogP contribution in [-0.2, 0) is 6.42 Å². The van der Waals surface area contributed by atoms with E-state index >= 15 is 0 Å². The topological polar surface area (TPSA) is 50.9 Å². The highest BCUT2D eigenvalue weighted by molar-refractivity contribution is 9.10. The van der Waals surface area contributed by atoms with Crippen LogP contribution in [0.2, 0.25) is 0 Å². The fourth-order valence-electron chi connectivity index (χ4n) is 1.96. The molecule has 2 rings (SSSR count).